The van der Waals surface area contributed by atoms with Crippen LogP contribution in [0.25, 0.3) is 5.78 Å². The van der Waals surface area contributed by atoms with Crippen LogP contribution in [0, 0.1) is 13.8 Å². The third kappa shape index (κ3) is 3.08. The highest BCUT2D eigenvalue weighted by Crippen LogP contribution is 2.18. The number of benzene rings is 1. The van der Waals surface area contributed by atoms with E-state index in [1.165, 1.54) is 17.5 Å². The largest absolute Gasteiger partial charge is 0.366 e. The van der Waals surface area contributed by atoms with Crippen LogP contribution < -0.4 is 5.32 Å². The fraction of sp³-hybridized carbons (Fsp3) is 0.222. The van der Waals surface area contributed by atoms with Crippen molar-refractivity contribution in [1.82, 2.24) is 29.4 Å². The van der Waals surface area contributed by atoms with Gasteiger partial charge >= 0.3 is 0 Å². The second-order valence-corrected chi connectivity index (χ2v) is 6.02. The molecule has 0 aliphatic rings. The van der Waals surface area contributed by atoms with Crippen molar-refractivity contribution in [1.29, 1.82) is 0 Å². The molecule has 0 atom stereocenters. The molecule has 4 aromatic rings. The van der Waals surface area contributed by atoms with Crippen LogP contribution in [-0.4, -0.2) is 29.4 Å². The molecule has 0 fully saturated rings. The van der Waals surface area contributed by atoms with Gasteiger partial charge in [-0.3, -0.25) is 4.68 Å². The molecule has 1 aromatic carbocycles. The molecule has 0 aliphatic carbocycles. The van der Waals surface area contributed by atoms with Gasteiger partial charge in [0, 0.05) is 30.2 Å². The summed E-state index contributed by atoms with van der Waals surface area (Å²) in [6.45, 7) is 5.52. The molecular weight excluding hydrogens is 314 g/mol. The van der Waals surface area contributed by atoms with Crippen LogP contribution in [0.4, 0.5) is 5.82 Å². The van der Waals surface area contributed by atoms with Crippen molar-refractivity contribution in [3.63, 3.8) is 0 Å². The molecule has 7 heteroatoms. The highest BCUT2D eigenvalue weighted by Gasteiger charge is 2.10. The van der Waals surface area contributed by atoms with Crippen LogP contribution in [0.5, 0.6) is 0 Å². The zero-order chi connectivity index (χ0) is 17.2. The Labute approximate surface area is 145 Å². The fourth-order valence-electron chi connectivity index (χ4n) is 2.77. The first-order chi connectivity index (χ1) is 12.2. The van der Waals surface area contributed by atoms with Crippen LogP contribution >= 0.6 is 0 Å². The van der Waals surface area contributed by atoms with E-state index in [-0.39, 0.29) is 0 Å². The highest BCUT2D eigenvalue weighted by atomic mass is 15.4. The zero-order valence-corrected chi connectivity index (χ0v) is 14.2. The van der Waals surface area contributed by atoms with E-state index in [1.54, 1.807) is 10.7 Å². The highest BCUT2D eigenvalue weighted by molar-refractivity contribution is 5.52. The van der Waals surface area contributed by atoms with Gasteiger partial charge in [-0.15, -0.1) is 0 Å². The fourth-order valence-corrected chi connectivity index (χ4v) is 2.77. The third-order valence-corrected chi connectivity index (χ3v) is 4.29. The Kier molecular flexibility index (Phi) is 3.89. The summed E-state index contributed by atoms with van der Waals surface area (Å²) >= 11 is 0. The topological polar surface area (TPSA) is 72.9 Å². The molecular formula is C18H19N7. The van der Waals surface area contributed by atoms with Crippen molar-refractivity contribution in [2.45, 2.75) is 26.9 Å². The van der Waals surface area contributed by atoms with Gasteiger partial charge in [0.05, 0.1) is 6.54 Å². The molecule has 3 heterocycles. The van der Waals surface area contributed by atoms with E-state index in [4.69, 9.17) is 0 Å². The van der Waals surface area contributed by atoms with Crippen LogP contribution in [0.3, 0.4) is 0 Å². The van der Waals surface area contributed by atoms with E-state index >= 15 is 0 Å². The van der Waals surface area contributed by atoms with Gasteiger partial charge in [-0.05, 0) is 31.0 Å². The molecule has 1 N–H and O–H groups in total. The minimum absolute atomic E-state index is 0.611. The Morgan fingerprint density at radius 2 is 1.84 bits per heavy atom. The first kappa shape index (κ1) is 15.3. The molecule has 25 heavy (non-hydrogen) atoms. The number of nitrogens with zero attached hydrogens (tertiary/aromatic N) is 6. The number of aromatic nitrogens is 6. The Morgan fingerprint density at radius 3 is 2.60 bits per heavy atom. The summed E-state index contributed by atoms with van der Waals surface area (Å²) < 4.78 is 3.66. The molecule has 0 aliphatic heterocycles. The van der Waals surface area contributed by atoms with Crippen molar-refractivity contribution < 1.29 is 0 Å². The second-order valence-electron chi connectivity index (χ2n) is 6.02. The minimum Gasteiger partial charge on any atom is -0.366 e. The van der Waals surface area contributed by atoms with Gasteiger partial charge in [0.25, 0.3) is 5.78 Å². The van der Waals surface area contributed by atoms with Crippen LogP contribution in [-0.2, 0) is 13.1 Å². The number of fused-ring (bicyclic) bond motifs is 1. The normalized spacial score (nSPS) is 11.1. The van der Waals surface area contributed by atoms with Gasteiger partial charge in [0.1, 0.15) is 12.1 Å². The molecule has 0 unspecified atom stereocenters. The SMILES string of the molecule is Cc1nc2ncnn2c(NCc2ccc(Cn3cccn3)cc2)c1C. The predicted molar refractivity (Wildman–Crippen MR) is 95.4 cm³/mol. The number of hydrogen-bond donors (Lipinski definition) is 1. The van der Waals surface area contributed by atoms with Gasteiger partial charge in [-0.2, -0.15) is 19.7 Å². The van der Waals surface area contributed by atoms with Gasteiger partial charge < -0.3 is 5.32 Å². The van der Waals surface area contributed by atoms with Gasteiger partial charge in [0.15, 0.2) is 0 Å². The maximum Gasteiger partial charge on any atom is 0.254 e. The number of hydrogen-bond acceptors (Lipinski definition) is 5. The Balaban J connectivity index is 1.50. The molecule has 4 rings (SSSR count). The van der Waals surface area contributed by atoms with E-state index < -0.39 is 0 Å². The number of aryl methyl sites for hydroxylation is 1. The average Bonchev–Trinajstić information content (AvgIpc) is 3.28. The zero-order valence-electron chi connectivity index (χ0n) is 14.2. The Bertz CT molecular complexity index is 984. The number of nitrogens with one attached hydrogen (secondary N) is 1. The van der Waals surface area contributed by atoms with Crippen LogP contribution in [0.2, 0.25) is 0 Å². The number of anilines is 1. The standard InChI is InChI=1S/C18H19N7/c1-13-14(2)23-18-20-12-22-25(18)17(13)19-10-15-4-6-16(7-5-15)11-24-9-3-8-21-24/h3-9,12,19H,10-11H2,1-2H3. The smallest absolute Gasteiger partial charge is 0.254 e. The Hall–Kier alpha value is -3.22. The lowest BCUT2D eigenvalue weighted by Gasteiger charge is -2.13. The van der Waals surface area contributed by atoms with Gasteiger partial charge in [-0.1, -0.05) is 24.3 Å². The van der Waals surface area contributed by atoms with Gasteiger partial charge in [0.2, 0.25) is 0 Å². The van der Waals surface area contributed by atoms with Crippen molar-refractivity contribution in [2.75, 3.05) is 5.32 Å². The maximum absolute atomic E-state index is 4.44. The molecule has 0 amide bonds. The van der Waals surface area contributed by atoms with Crippen molar-refractivity contribution >= 4 is 11.6 Å². The van der Waals surface area contributed by atoms with Crippen LogP contribution in [0.1, 0.15) is 22.4 Å². The summed E-state index contributed by atoms with van der Waals surface area (Å²) in [5.41, 5.74) is 4.46. The summed E-state index contributed by atoms with van der Waals surface area (Å²) in [4.78, 5) is 8.61. The number of rotatable bonds is 5. The Morgan fingerprint density at radius 1 is 1.04 bits per heavy atom. The molecule has 0 bridgehead atoms. The van der Waals surface area contributed by atoms with Crippen molar-refractivity contribution in [3.05, 3.63) is 71.4 Å². The maximum atomic E-state index is 4.44. The summed E-state index contributed by atoms with van der Waals surface area (Å²) in [5.74, 6) is 1.54. The molecule has 7 nitrogen and oxygen atoms in total. The quantitative estimate of drug-likeness (QED) is 0.608. The summed E-state index contributed by atoms with van der Waals surface area (Å²) in [6, 6.07) is 10.5. The molecule has 126 valence electrons. The van der Waals surface area contributed by atoms with E-state index in [9.17, 15) is 0 Å². The molecule has 0 radical (unpaired) electrons. The first-order valence-corrected chi connectivity index (χ1v) is 8.17. The molecule has 3 aromatic heterocycles. The van der Waals surface area contributed by atoms with Crippen LogP contribution in [0.15, 0.2) is 49.1 Å². The first-order valence-electron chi connectivity index (χ1n) is 8.17. The van der Waals surface area contributed by atoms with Crippen molar-refractivity contribution in [2.24, 2.45) is 0 Å². The molecule has 0 spiro atoms. The predicted octanol–water partition coefficient (Wildman–Crippen LogP) is 2.60. The van der Waals surface area contributed by atoms with E-state index in [0.717, 1.165) is 23.6 Å². The van der Waals surface area contributed by atoms with E-state index in [2.05, 4.69) is 49.7 Å². The second kappa shape index (κ2) is 6.35. The summed E-state index contributed by atoms with van der Waals surface area (Å²) in [7, 11) is 0. The summed E-state index contributed by atoms with van der Waals surface area (Å²) in [6.07, 6.45) is 5.28. The molecule has 0 saturated heterocycles. The van der Waals surface area contributed by atoms with Crippen molar-refractivity contribution in [3.8, 4) is 0 Å². The lowest BCUT2D eigenvalue weighted by atomic mass is 10.1. The minimum atomic E-state index is 0.611. The monoisotopic (exact) mass is 333 g/mol. The third-order valence-electron chi connectivity index (χ3n) is 4.29. The lowest BCUT2D eigenvalue weighted by molar-refractivity contribution is 0.686. The van der Waals surface area contributed by atoms with E-state index in [0.29, 0.717) is 12.3 Å². The van der Waals surface area contributed by atoms with Gasteiger partial charge in [-0.25, -0.2) is 4.98 Å². The van der Waals surface area contributed by atoms with E-state index in [1.807, 2.05) is 30.8 Å². The molecule has 0 saturated carbocycles. The summed E-state index contributed by atoms with van der Waals surface area (Å²) in [5, 5.41) is 12.0. The lowest BCUT2D eigenvalue weighted by Crippen LogP contribution is -2.10. The average molecular weight is 333 g/mol.